The molecule has 17 heteroatoms. The van der Waals surface area contributed by atoms with E-state index in [0.717, 1.165) is 48.5 Å². The molecule has 12 nitrogen and oxygen atoms in total. The van der Waals surface area contributed by atoms with Gasteiger partial charge >= 0.3 is 12.3 Å². The first-order chi connectivity index (χ1) is 26.4. The lowest BCUT2D eigenvalue weighted by molar-refractivity contribution is -0.274. The van der Waals surface area contributed by atoms with Crippen molar-refractivity contribution < 1.29 is 52.1 Å². The fraction of sp³-hybridized carbons (Fsp3) is 0.385. The van der Waals surface area contributed by atoms with Crippen LogP contribution >= 0.6 is 22.9 Å². The van der Waals surface area contributed by atoms with Gasteiger partial charge in [-0.15, -0.1) is 24.5 Å². The molecule has 2 aliphatic carbocycles. The highest BCUT2D eigenvalue weighted by Gasteiger charge is 2.68. The second-order valence-corrected chi connectivity index (χ2v) is 16.5. The summed E-state index contributed by atoms with van der Waals surface area (Å²) in [5.74, 6) is -9.42. The minimum atomic E-state index is -5.08. The molecule has 3 fully saturated rings. The van der Waals surface area contributed by atoms with Crippen molar-refractivity contribution in [1.82, 2.24) is 14.7 Å². The van der Waals surface area contributed by atoms with Gasteiger partial charge in [-0.05, 0) is 86.4 Å². The van der Waals surface area contributed by atoms with Crippen molar-refractivity contribution in [2.75, 3.05) is 11.4 Å². The van der Waals surface area contributed by atoms with Gasteiger partial charge in [0.15, 0.2) is 0 Å². The van der Waals surface area contributed by atoms with Gasteiger partial charge in [-0.25, -0.2) is 4.90 Å². The summed E-state index contributed by atoms with van der Waals surface area (Å²) in [6.45, 7) is 3.33. The van der Waals surface area contributed by atoms with Crippen LogP contribution in [0.15, 0.2) is 54.1 Å². The van der Waals surface area contributed by atoms with E-state index in [9.17, 15) is 37.5 Å². The van der Waals surface area contributed by atoms with Gasteiger partial charge in [-0.2, -0.15) is 5.10 Å². The lowest BCUT2D eigenvalue weighted by atomic mass is 9.51. The number of aryl methyl sites for hydroxylation is 2. The summed E-state index contributed by atoms with van der Waals surface area (Å²) in [4.78, 5) is 71.5. The number of anilines is 1. The van der Waals surface area contributed by atoms with Crippen molar-refractivity contribution in [3.63, 3.8) is 0 Å². The number of aromatic nitrogens is 2. The van der Waals surface area contributed by atoms with Crippen LogP contribution < -0.4 is 9.64 Å². The van der Waals surface area contributed by atoms with E-state index in [1.165, 1.54) is 16.0 Å². The number of nitrogens with zero attached hydrogens (tertiary/aromatic N) is 4. The summed E-state index contributed by atoms with van der Waals surface area (Å²) in [5.41, 5.74) is 0.0126. The van der Waals surface area contributed by atoms with E-state index in [4.69, 9.17) is 16.7 Å². The Morgan fingerprint density at radius 3 is 2.54 bits per heavy atom. The van der Waals surface area contributed by atoms with Crippen LogP contribution in [0.5, 0.6) is 11.5 Å². The van der Waals surface area contributed by atoms with Gasteiger partial charge in [-0.1, -0.05) is 23.3 Å². The minimum Gasteiger partial charge on any atom is -0.508 e. The van der Waals surface area contributed by atoms with Crippen molar-refractivity contribution in [3.8, 4) is 22.1 Å². The van der Waals surface area contributed by atoms with E-state index in [-0.39, 0.29) is 43.6 Å². The quantitative estimate of drug-likeness (QED) is 0.142. The number of aliphatic carboxylic acids is 1. The number of carboxylic acid groups (broad SMARTS) is 1. The number of benzene rings is 2. The standard InChI is InChI=1S/C39H34ClF3N4O8S/c1-17-22-13-18(40)6-11-28(22)56-33(17)26-16-29(45(3)44-26)47-35(52)25-15-23-20(8-9-21-31(23)36(53)46(34(21)51)12-4-5-30(49)50)32(38(25,2)37(47)54)24-14-19(7-10-27(24)48)55-39(41,42)43/h6-8,10-11,13-14,16,21,23,25,31-32,48H,4-5,9,12,15H2,1-3H3,(H,49,50)/t21-,23+,25-,31-,32+,38+/m0/s1. The zero-order valence-corrected chi connectivity index (χ0v) is 31.7. The predicted octanol–water partition coefficient (Wildman–Crippen LogP) is 6.96. The Morgan fingerprint density at radius 2 is 1.82 bits per heavy atom. The summed E-state index contributed by atoms with van der Waals surface area (Å²) in [6.07, 6.45) is -3.63. The first-order valence-corrected chi connectivity index (χ1v) is 19.1. The lowest BCUT2D eigenvalue weighted by Gasteiger charge is -2.49. The SMILES string of the molecule is Cc1c(-c2cc(N3C(=O)[C@@H]4C[C@@H]5C(=CC[C@@H]6C(=O)N(CCCC(=O)O)C(=O)[C@@H]65)[C@H](c5cc(OC(F)(F)F)ccc5O)[C@]4(C)C3=O)n(C)n2)sc2ccc(Cl)cc12. The van der Waals surface area contributed by atoms with E-state index in [1.54, 1.807) is 32.2 Å². The zero-order chi connectivity index (χ0) is 40.2. The average Bonchev–Trinajstić information content (AvgIpc) is 3.79. The third kappa shape index (κ3) is 5.78. The lowest BCUT2D eigenvalue weighted by Crippen LogP contribution is -2.49. The fourth-order valence-corrected chi connectivity index (χ4v) is 10.7. The molecule has 4 heterocycles. The second kappa shape index (κ2) is 13.2. The Bertz CT molecular complexity index is 2430. The van der Waals surface area contributed by atoms with Crippen LogP contribution in [0, 0.1) is 36.0 Å². The number of halogens is 4. The third-order valence-electron chi connectivity index (χ3n) is 11.9. The first-order valence-electron chi connectivity index (χ1n) is 17.9. The van der Waals surface area contributed by atoms with Gasteiger partial charge in [0.2, 0.25) is 23.6 Å². The molecule has 56 heavy (non-hydrogen) atoms. The topological polar surface area (TPSA) is 159 Å². The fourth-order valence-electron chi connectivity index (χ4n) is 9.43. The number of ether oxygens (including phenoxy) is 1. The Kier molecular flexibility index (Phi) is 8.87. The molecular weight excluding hydrogens is 777 g/mol. The number of likely N-dealkylation sites (tertiary alicyclic amines) is 1. The van der Waals surface area contributed by atoms with E-state index in [1.807, 2.05) is 19.1 Å². The number of allylic oxidation sites excluding steroid dienone is 2. The van der Waals surface area contributed by atoms with E-state index in [2.05, 4.69) is 9.84 Å². The van der Waals surface area contributed by atoms with Crippen molar-refractivity contribution in [2.45, 2.75) is 51.8 Å². The number of thiophene rings is 1. The number of carbonyl (C=O) groups excluding carboxylic acids is 4. The summed E-state index contributed by atoms with van der Waals surface area (Å²) >= 11 is 7.73. The summed E-state index contributed by atoms with van der Waals surface area (Å²) < 4.78 is 47.0. The maximum atomic E-state index is 15.0. The summed E-state index contributed by atoms with van der Waals surface area (Å²) in [6, 6.07) is 10.1. The van der Waals surface area contributed by atoms with Crippen LogP contribution in [0.4, 0.5) is 19.0 Å². The normalized spacial score (nSPS) is 26.1. The molecule has 2 aromatic carbocycles. The molecule has 0 spiro atoms. The highest BCUT2D eigenvalue weighted by Crippen LogP contribution is 2.64. The van der Waals surface area contributed by atoms with Gasteiger partial charge < -0.3 is 14.9 Å². The molecular formula is C39H34ClF3N4O8S. The number of carbonyl (C=O) groups is 5. The van der Waals surface area contributed by atoms with Crippen molar-refractivity contribution in [2.24, 2.45) is 36.1 Å². The number of fused-ring (bicyclic) bond motifs is 5. The molecule has 0 radical (unpaired) electrons. The van der Waals surface area contributed by atoms with Crippen molar-refractivity contribution in [1.29, 1.82) is 0 Å². The minimum absolute atomic E-state index is 0.0315. The molecule has 2 aromatic heterocycles. The average molecular weight is 811 g/mol. The Morgan fingerprint density at radius 1 is 1.07 bits per heavy atom. The summed E-state index contributed by atoms with van der Waals surface area (Å²) in [5, 5.41) is 26.6. The number of aromatic hydroxyl groups is 1. The molecule has 4 aromatic rings. The number of phenolic OH excluding ortho intramolecular Hbond substituents is 1. The maximum Gasteiger partial charge on any atom is 0.573 e. The largest absolute Gasteiger partial charge is 0.573 e. The smallest absolute Gasteiger partial charge is 0.508 e. The Labute approximate surface area is 326 Å². The number of amides is 4. The number of alkyl halides is 3. The van der Waals surface area contributed by atoms with E-state index in [0.29, 0.717) is 16.3 Å². The van der Waals surface area contributed by atoms with Crippen LogP contribution in [0.25, 0.3) is 20.7 Å². The second-order valence-electron chi connectivity index (χ2n) is 15.0. The van der Waals surface area contributed by atoms with Crippen molar-refractivity contribution in [3.05, 3.63) is 70.3 Å². The van der Waals surface area contributed by atoms with Crippen LogP contribution in [-0.2, 0) is 31.0 Å². The number of phenols is 1. The monoisotopic (exact) mass is 810 g/mol. The number of carboxylic acids is 1. The molecule has 2 saturated heterocycles. The molecule has 4 aliphatic rings. The van der Waals surface area contributed by atoms with Crippen molar-refractivity contribution >= 4 is 68.4 Å². The number of imide groups is 2. The van der Waals surface area contributed by atoms with Gasteiger partial charge in [0, 0.05) is 47.3 Å². The number of rotatable bonds is 8. The number of hydrogen-bond acceptors (Lipinski definition) is 9. The molecule has 292 valence electrons. The molecule has 4 amide bonds. The molecule has 2 aliphatic heterocycles. The van der Waals surface area contributed by atoms with Gasteiger partial charge in [-0.3, -0.25) is 33.6 Å². The Balaban J connectivity index is 1.24. The van der Waals surface area contributed by atoms with E-state index < -0.39 is 82.5 Å². The van der Waals surface area contributed by atoms with Crippen LogP contribution in [0.3, 0.4) is 0 Å². The van der Waals surface area contributed by atoms with Crippen LogP contribution in [-0.4, -0.2) is 67.4 Å². The van der Waals surface area contributed by atoms with Crippen LogP contribution in [0.2, 0.25) is 5.02 Å². The molecule has 2 N–H and O–H groups in total. The molecule has 6 atom stereocenters. The maximum absolute atomic E-state index is 15.0. The zero-order valence-electron chi connectivity index (χ0n) is 30.1. The van der Waals surface area contributed by atoms with Crippen LogP contribution in [0.1, 0.15) is 49.7 Å². The molecule has 8 rings (SSSR count). The predicted molar refractivity (Wildman–Crippen MR) is 197 cm³/mol. The highest BCUT2D eigenvalue weighted by atomic mass is 35.5. The Hall–Kier alpha value is -5.22. The highest BCUT2D eigenvalue weighted by molar-refractivity contribution is 7.22. The molecule has 0 bridgehead atoms. The molecule has 0 unspecified atom stereocenters. The number of hydrogen-bond donors (Lipinski definition) is 2. The van der Waals surface area contributed by atoms with Gasteiger partial charge in [0.05, 0.1) is 28.0 Å². The third-order valence-corrected chi connectivity index (χ3v) is 13.4. The van der Waals surface area contributed by atoms with Gasteiger partial charge in [0.25, 0.3) is 0 Å². The van der Waals surface area contributed by atoms with E-state index >= 15 is 4.79 Å². The summed E-state index contributed by atoms with van der Waals surface area (Å²) in [7, 11) is 1.58. The molecule has 1 saturated carbocycles. The first kappa shape index (κ1) is 37.7. The van der Waals surface area contributed by atoms with Gasteiger partial charge in [0.1, 0.15) is 23.0 Å².